The highest BCUT2D eigenvalue weighted by Crippen LogP contribution is 2.38. The minimum absolute atomic E-state index is 0.152. The van der Waals surface area contributed by atoms with Crippen LogP contribution in [-0.4, -0.2) is 38.6 Å². The summed E-state index contributed by atoms with van der Waals surface area (Å²) in [5.41, 5.74) is 2.38. The van der Waals surface area contributed by atoms with E-state index in [1.54, 1.807) is 57.2 Å². The number of fused-ring (bicyclic) bond motifs is 1. The molecular formula is C31H28ClN5O6S2. The molecule has 1 atom stereocenters. The van der Waals surface area contributed by atoms with Crippen LogP contribution >= 0.6 is 34.7 Å². The van der Waals surface area contributed by atoms with Crippen molar-refractivity contribution < 1.29 is 19.2 Å². The molecule has 0 aliphatic carbocycles. The lowest BCUT2D eigenvalue weighted by atomic mass is 9.95. The number of hydrogen-bond acceptors (Lipinski definition) is 11. The van der Waals surface area contributed by atoms with Crippen LogP contribution in [0.15, 0.2) is 73.6 Å². The van der Waals surface area contributed by atoms with Crippen molar-refractivity contribution in [1.29, 1.82) is 0 Å². The van der Waals surface area contributed by atoms with Gasteiger partial charge < -0.3 is 9.47 Å². The highest BCUT2D eigenvalue weighted by atomic mass is 35.5. The number of nitro benzene ring substituents is 1. The topological polar surface area (TPSA) is 139 Å². The lowest BCUT2D eigenvalue weighted by molar-refractivity contribution is -0.387. The summed E-state index contributed by atoms with van der Waals surface area (Å²) in [4.78, 5) is 53.1. The molecule has 0 unspecified atom stereocenters. The van der Waals surface area contributed by atoms with E-state index in [0.29, 0.717) is 42.4 Å². The van der Waals surface area contributed by atoms with Crippen molar-refractivity contribution in [2.24, 2.45) is 4.99 Å². The molecule has 232 valence electrons. The lowest BCUT2D eigenvalue weighted by Gasteiger charge is -2.26. The average molecular weight is 666 g/mol. The van der Waals surface area contributed by atoms with Crippen molar-refractivity contribution >= 4 is 52.4 Å². The first-order chi connectivity index (χ1) is 21.4. The van der Waals surface area contributed by atoms with E-state index in [1.165, 1.54) is 17.7 Å². The Morgan fingerprint density at radius 2 is 1.84 bits per heavy atom. The Kier molecular flexibility index (Phi) is 9.23. The van der Waals surface area contributed by atoms with Gasteiger partial charge in [-0.3, -0.25) is 19.5 Å². The molecule has 2 aromatic carbocycles. The van der Waals surface area contributed by atoms with Crippen molar-refractivity contribution in [1.82, 2.24) is 14.5 Å². The number of ether oxygens (including phenoxy) is 2. The van der Waals surface area contributed by atoms with Gasteiger partial charge in [-0.15, -0.1) is 0 Å². The maximum atomic E-state index is 14.1. The molecule has 4 aromatic rings. The van der Waals surface area contributed by atoms with Crippen molar-refractivity contribution in [3.63, 3.8) is 0 Å². The zero-order chi connectivity index (χ0) is 32.6. The average Bonchev–Trinajstić information content (AvgIpc) is 3.25. The number of carbonyl (C=O) groups excluding carboxylic acids is 1. The van der Waals surface area contributed by atoms with E-state index in [2.05, 4.69) is 15.0 Å². The van der Waals surface area contributed by atoms with Gasteiger partial charge in [-0.25, -0.2) is 19.8 Å². The standard InChI is InChI=1S/C31H28ClN5O6S2/c1-15(2)43-29(39)26-18(5)35-31-36(27(26)21-14-20(32)8-9-23(21)42-6)28(38)25(45-31)13-19-7-10-24(22(12-19)37(40)41)44-30-33-16(3)11-17(4)34-30/h7-15,27H,1-6H3/b25-13-/t27-/m0/s1. The molecule has 0 radical (unpaired) electrons. The predicted molar refractivity (Wildman–Crippen MR) is 172 cm³/mol. The molecular weight excluding hydrogens is 638 g/mol. The van der Waals surface area contributed by atoms with E-state index in [1.807, 2.05) is 19.9 Å². The van der Waals surface area contributed by atoms with Gasteiger partial charge in [0.15, 0.2) is 9.96 Å². The fourth-order valence-electron chi connectivity index (χ4n) is 4.92. The third kappa shape index (κ3) is 6.70. The van der Waals surface area contributed by atoms with Crippen LogP contribution in [0.4, 0.5) is 5.69 Å². The molecule has 1 aliphatic rings. The molecule has 0 amide bonds. The van der Waals surface area contributed by atoms with E-state index >= 15 is 0 Å². The summed E-state index contributed by atoms with van der Waals surface area (Å²) in [5, 5.41) is 12.8. The Balaban J connectivity index is 1.65. The van der Waals surface area contributed by atoms with E-state index in [9.17, 15) is 19.7 Å². The van der Waals surface area contributed by atoms with E-state index in [0.717, 1.165) is 34.5 Å². The van der Waals surface area contributed by atoms with Crippen LogP contribution in [0.2, 0.25) is 5.02 Å². The van der Waals surface area contributed by atoms with Gasteiger partial charge in [-0.1, -0.05) is 29.0 Å². The molecule has 0 saturated heterocycles. The number of aryl methyl sites for hydroxylation is 2. The molecule has 45 heavy (non-hydrogen) atoms. The first kappa shape index (κ1) is 32.1. The molecule has 0 bridgehead atoms. The first-order valence-corrected chi connectivity index (χ1v) is 15.7. The predicted octanol–water partition coefficient (Wildman–Crippen LogP) is 5.32. The van der Waals surface area contributed by atoms with Crippen molar-refractivity contribution in [2.45, 2.75) is 56.8 Å². The lowest BCUT2D eigenvalue weighted by Crippen LogP contribution is -2.40. The van der Waals surface area contributed by atoms with Crippen LogP contribution < -0.4 is 19.6 Å². The fourth-order valence-corrected chi connectivity index (χ4v) is 7.09. The molecule has 0 spiro atoms. The summed E-state index contributed by atoms with van der Waals surface area (Å²) >= 11 is 8.57. The fraction of sp³-hybridized carbons (Fsp3) is 0.258. The Hall–Kier alpha value is -4.33. The second kappa shape index (κ2) is 13.0. The third-order valence-corrected chi connectivity index (χ3v) is 8.86. The van der Waals surface area contributed by atoms with E-state index in [-0.39, 0.29) is 15.8 Å². The largest absolute Gasteiger partial charge is 0.496 e. The summed E-state index contributed by atoms with van der Waals surface area (Å²) in [6.07, 6.45) is 1.15. The van der Waals surface area contributed by atoms with Crippen LogP contribution in [0.5, 0.6) is 5.75 Å². The Bertz CT molecular complexity index is 2050. The third-order valence-electron chi connectivity index (χ3n) is 6.71. The van der Waals surface area contributed by atoms with Crippen LogP contribution in [0.3, 0.4) is 0 Å². The molecule has 14 heteroatoms. The molecule has 0 fully saturated rings. The van der Waals surface area contributed by atoms with Gasteiger partial charge in [0.2, 0.25) is 0 Å². The van der Waals surface area contributed by atoms with E-state index < -0.39 is 28.6 Å². The van der Waals surface area contributed by atoms with Crippen LogP contribution in [0.25, 0.3) is 6.08 Å². The molecule has 0 saturated carbocycles. The highest BCUT2D eigenvalue weighted by Gasteiger charge is 2.35. The summed E-state index contributed by atoms with van der Waals surface area (Å²) in [5.74, 6) is -0.205. The number of benzene rings is 2. The number of carbonyl (C=O) groups is 1. The SMILES string of the molecule is COc1ccc(Cl)cc1[C@H]1C(C(=O)OC(C)C)=C(C)N=c2s/c(=C\c3ccc(Sc4nc(C)cc(C)n4)c([N+](=O)[O-])c3)c(=O)n21. The Labute approximate surface area is 271 Å². The molecule has 5 rings (SSSR count). The number of hydrogen-bond donors (Lipinski definition) is 0. The number of aromatic nitrogens is 3. The van der Waals surface area contributed by atoms with Gasteiger partial charge in [-0.2, -0.15) is 0 Å². The van der Waals surface area contributed by atoms with Crippen molar-refractivity contribution in [3.8, 4) is 5.75 Å². The number of thiazole rings is 1. The Morgan fingerprint density at radius 1 is 1.13 bits per heavy atom. The number of methoxy groups -OCH3 is 1. The zero-order valence-corrected chi connectivity index (χ0v) is 27.5. The number of esters is 1. The second-order valence-corrected chi connectivity index (χ2v) is 12.9. The maximum Gasteiger partial charge on any atom is 0.338 e. The quantitative estimate of drug-likeness (QED) is 0.106. The monoisotopic (exact) mass is 665 g/mol. The molecule has 1 aliphatic heterocycles. The first-order valence-electron chi connectivity index (χ1n) is 13.7. The van der Waals surface area contributed by atoms with Gasteiger partial charge in [0.1, 0.15) is 11.8 Å². The minimum atomic E-state index is -0.950. The second-order valence-electron chi connectivity index (χ2n) is 10.4. The number of nitro groups is 1. The number of allylic oxidation sites excluding steroid dienone is 1. The Morgan fingerprint density at radius 3 is 2.49 bits per heavy atom. The van der Waals surface area contributed by atoms with Crippen LogP contribution in [0, 0.1) is 24.0 Å². The van der Waals surface area contributed by atoms with Crippen molar-refractivity contribution in [2.75, 3.05) is 7.11 Å². The zero-order valence-electron chi connectivity index (χ0n) is 25.2. The summed E-state index contributed by atoms with van der Waals surface area (Å²) < 4.78 is 12.8. The smallest absolute Gasteiger partial charge is 0.338 e. The van der Waals surface area contributed by atoms with E-state index in [4.69, 9.17) is 21.1 Å². The summed E-state index contributed by atoms with van der Waals surface area (Å²) in [6.45, 7) is 8.80. The van der Waals surface area contributed by atoms with Gasteiger partial charge >= 0.3 is 5.97 Å². The highest BCUT2D eigenvalue weighted by molar-refractivity contribution is 7.99. The number of nitrogens with zero attached hydrogens (tertiary/aromatic N) is 5. The van der Waals surface area contributed by atoms with Crippen molar-refractivity contribution in [3.05, 3.63) is 111 Å². The minimum Gasteiger partial charge on any atom is -0.496 e. The maximum absolute atomic E-state index is 14.1. The van der Waals surface area contributed by atoms with Gasteiger partial charge in [0.05, 0.1) is 38.8 Å². The summed E-state index contributed by atoms with van der Waals surface area (Å²) in [7, 11) is 1.49. The molecule has 2 aromatic heterocycles. The van der Waals surface area contributed by atoms with Gasteiger partial charge in [-0.05, 0) is 88.4 Å². The van der Waals surface area contributed by atoms with Crippen LogP contribution in [0.1, 0.15) is 49.3 Å². The molecule has 0 N–H and O–H groups in total. The van der Waals surface area contributed by atoms with Crippen LogP contribution in [-0.2, 0) is 9.53 Å². The summed E-state index contributed by atoms with van der Waals surface area (Å²) in [6, 6.07) is 10.5. The van der Waals surface area contributed by atoms with Gasteiger partial charge in [0.25, 0.3) is 11.2 Å². The van der Waals surface area contributed by atoms with Gasteiger partial charge in [0, 0.05) is 28.0 Å². The normalized spacial score (nSPS) is 14.8. The number of halogens is 1. The number of rotatable bonds is 8. The molecule has 11 nitrogen and oxygen atoms in total. The molecule has 3 heterocycles.